The molecule has 1 fully saturated rings. The lowest BCUT2D eigenvalue weighted by atomic mass is 10.0. The standard InChI is InChI=1S/C14H20BrClN2/c1-2-18(9-10-3-4-10)14(8-17)11-5-6-13(16)12(15)7-11/h5-7,10,14H,2-4,8-9,17H2,1H3. The van der Waals surface area contributed by atoms with E-state index < -0.39 is 0 Å². The molecule has 1 aromatic carbocycles. The first-order valence-corrected chi connectivity index (χ1v) is 7.71. The summed E-state index contributed by atoms with van der Waals surface area (Å²) in [6.45, 7) is 5.06. The number of nitrogens with two attached hydrogens (primary N) is 1. The first kappa shape index (κ1) is 14.3. The van der Waals surface area contributed by atoms with Crippen LogP contribution in [0.25, 0.3) is 0 Å². The second-order valence-electron chi connectivity index (χ2n) is 4.96. The maximum absolute atomic E-state index is 6.04. The topological polar surface area (TPSA) is 29.3 Å². The van der Waals surface area contributed by atoms with Gasteiger partial charge in [0.1, 0.15) is 0 Å². The highest BCUT2D eigenvalue weighted by Gasteiger charge is 2.27. The molecule has 0 radical (unpaired) electrons. The second-order valence-corrected chi connectivity index (χ2v) is 6.22. The zero-order valence-electron chi connectivity index (χ0n) is 10.7. The quantitative estimate of drug-likeness (QED) is 0.858. The van der Waals surface area contributed by atoms with Crippen LogP contribution in [-0.2, 0) is 0 Å². The number of hydrogen-bond donors (Lipinski definition) is 1. The van der Waals surface area contributed by atoms with Crippen molar-refractivity contribution in [3.8, 4) is 0 Å². The molecule has 2 N–H and O–H groups in total. The molecule has 0 heterocycles. The molecule has 0 bridgehead atoms. The number of halogens is 2. The molecule has 1 atom stereocenters. The lowest BCUT2D eigenvalue weighted by molar-refractivity contribution is 0.203. The van der Waals surface area contributed by atoms with Gasteiger partial charge in [0.15, 0.2) is 0 Å². The number of rotatable bonds is 6. The summed E-state index contributed by atoms with van der Waals surface area (Å²) in [5.41, 5.74) is 7.22. The van der Waals surface area contributed by atoms with Crippen LogP contribution in [0.3, 0.4) is 0 Å². The summed E-state index contributed by atoms with van der Waals surface area (Å²) in [6.07, 6.45) is 2.75. The molecule has 4 heteroatoms. The third-order valence-corrected chi connectivity index (χ3v) is 4.80. The molecular weight excluding hydrogens is 312 g/mol. The predicted molar refractivity (Wildman–Crippen MR) is 80.9 cm³/mol. The van der Waals surface area contributed by atoms with Crippen molar-refractivity contribution in [3.05, 3.63) is 33.3 Å². The van der Waals surface area contributed by atoms with Crippen molar-refractivity contribution in [3.63, 3.8) is 0 Å². The van der Waals surface area contributed by atoms with Crippen LogP contribution in [-0.4, -0.2) is 24.5 Å². The van der Waals surface area contributed by atoms with Gasteiger partial charge in [-0.2, -0.15) is 0 Å². The lowest BCUT2D eigenvalue weighted by Gasteiger charge is -2.30. The van der Waals surface area contributed by atoms with E-state index in [9.17, 15) is 0 Å². The molecule has 1 saturated carbocycles. The van der Waals surface area contributed by atoms with Crippen LogP contribution in [0.15, 0.2) is 22.7 Å². The van der Waals surface area contributed by atoms with Gasteiger partial charge in [0, 0.05) is 23.6 Å². The number of benzene rings is 1. The fraction of sp³-hybridized carbons (Fsp3) is 0.571. The summed E-state index contributed by atoms with van der Waals surface area (Å²) in [7, 11) is 0. The van der Waals surface area contributed by atoms with E-state index in [1.54, 1.807) is 0 Å². The molecule has 0 aliphatic heterocycles. The van der Waals surface area contributed by atoms with Gasteiger partial charge in [-0.05, 0) is 58.9 Å². The summed E-state index contributed by atoms with van der Waals surface area (Å²) in [5, 5.41) is 0.750. The largest absolute Gasteiger partial charge is 0.329 e. The molecule has 1 unspecified atom stereocenters. The third kappa shape index (κ3) is 3.47. The number of hydrogen-bond acceptors (Lipinski definition) is 2. The minimum Gasteiger partial charge on any atom is -0.329 e. The molecule has 0 aromatic heterocycles. The van der Waals surface area contributed by atoms with Crippen LogP contribution in [0.1, 0.15) is 31.4 Å². The van der Waals surface area contributed by atoms with Crippen LogP contribution < -0.4 is 5.73 Å². The fourth-order valence-corrected chi connectivity index (χ4v) is 2.84. The van der Waals surface area contributed by atoms with Crippen molar-refractivity contribution in [2.45, 2.75) is 25.8 Å². The van der Waals surface area contributed by atoms with E-state index >= 15 is 0 Å². The Labute approximate surface area is 123 Å². The Morgan fingerprint density at radius 3 is 2.72 bits per heavy atom. The minimum absolute atomic E-state index is 0.296. The van der Waals surface area contributed by atoms with Crippen LogP contribution in [0, 0.1) is 5.92 Å². The molecule has 1 aliphatic carbocycles. The van der Waals surface area contributed by atoms with E-state index in [0.29, 0.717) is 12.6 Å². The van der Waals surface area contributed by atoms with Crippen molar-refractivity contribution < 1.29 is 0 Å². The molecular formula is C14H20BrClN2. The van der Waals surface area contributed by atoms with Crippen LogP contribution in [0.2, 0.25) is 5.02 Å². The maximum atomic E-state index is 6.04. The first-order chi connectivity index (χ1) is 8.65. The van der Waals surface area contributed by atoms with E-state index in [1.165, 1.54) is 24.9 Å². The van der Waals surface area contributed by atoms with Crippen LogP contribution in [0.5, 0.6) is 0 Å². The Balaban J connectivity index is 2.16. The fourth-order valence-electron chi connectivity index (χ4n) is 2.32. The average Bonchev–Trinajstić information content (AvgIpc) is 3.17. The molecule has 0 spiro atoms. The number of likely N-dealkylation sites (N-methyl/N-ethyl adjacent to an activating group) is 1. The van der Waals surface area contributed by atoms with Crippen molar-refractivity contribution in [1.82, 2.24) is 4.90 Å². The molecule has 2 rings (SSSR count). The second kappa shape index (κ2) is 6.38. The van der Waals surface area contributed by atoms with Gasteiger partial charge in [-0.3, -0.25) is 4.90 Å². The van der Waals surface area contributed by atoms with Gasteiger partial charge in [0.2, 0.25) is 0 Å². The maximum Gasteiger partial charge on any atom is 0.0548 e. The van der Waals surface area contributed by atoms with E-state index in [-0.39, 0.29) is 0 Å². The van der Waals surface area contributed by atoms with Gasteiger partial charge in [-0.1, -0.05) is 24.6 Å². The Hall–Kier alpha value is -0.0900. The van der Waals surface area contributed by atoms with Crippen molar-refractivity contribution >= 4 is 27.5 Å². The zero-order valence-corrected chi connectivity index (χ0v) is 13.0. The Bertz CT molecular complexity index is 407. The minimum atomic E-state index is 0.296. The Kier molecular flexibility index (Phi) is 5.07. The van der Waals surface area contributed by atoms with Gasteiger partial charge < -0.3 is 5.73 Å². The first-order valence-electron chi connectivity index (χ1n) is 6.54. The summed E-state index contributed by atoms with van der Waals surface area (Å²) in [6, 6.07) is 6.41. The van der Waals surface area contributed by atoms with E-state index in [4.69, 9.17) is 17.3 Å². The third-order valence-electron chi connectivity index (χ3n) is 3.59. The highest BCUT2D eigenvalue weighted by atomic mass is 79.9. The highest BCUT2D eigenvalue weighted by Crippen LogP contribution is 2.33. The summed E-state index contributed by atoms with van der Waals surface area (Å²) < 4.78 is 0.947. The molecule has 18 heavy (non-hydrogen) atoms. The molecule has 0 amide bonds. The van der Waals surface area contributed by atoms with Gasteiger partial charge >= 0.3 is 0 Å². The van der Waals surface area contributed by atoms with Gasteiger partial charge in [0.05, 0.1) is 5.02 Å². The summed E-state index contributed by atoms with van der Waals surface area (Å²) >= 11 is 9.53. The highest BCUT2D eigenvalue weighted by molar-refractivity contribution is 9.10. The average molecular weight is 332 g/mol. The monoisotopic (exact) mass is 330 g/mol. The van der Waals surface area contributed by atoms with E-state index in [0.717, 1.165) is 22.0 Å². The molecule has 1 aromatic rings. The molecule has 0 saturated heterocycles. The zero-order chi connectivity index (χ0) is 13.1. The lowest BCUT2D eigenvalue weighted by Crippen LogP contribution is -2.35. The van der Waals surface area contributed by atoms with E-state index in [2.05, 4.69) is 39.9 Å². The number of nitrogens with zero attached hydrogens (tertiary/aromatic N) is 1. The predicted octanol–water partition coefficient (Wildman–Crippen LogP) is 3.83. The summed E-state index contributed by atoms with van der Waals surface area (Å²) in [4.78, 5) is 2.48. The van der Waals surface area contributed by atoms with Crippen LogP contribution in [0.4, 0.5) is 0 Å². The Morgan fingerprint density at radius 1 is 1.50 bits per heavy atom. The molecule has 2 nitrogen and oxygen atoms in total. The van der Waals surface area contributed by atoms with Crippen molar-refractivity contribution in [2.75, 3.05) is 19.6 Å². The van der Waals surface area contributed by atoms with Crippen molar-refractivity contribution in [2.24, 2.45) is 11.7 Å². The van der Waals surface area contributed by atoms with Crippen molar-refractivity contribution in [1.29, 1.82) is 0 Å². The van der Waals surface area contributed by atoms with E-state index in [1.807, 2.05) is 6.07 Å². The SMILES string of the molecule is CCN(CC1CC1)C(CN)c1ccc(Cl)c(Br)c1. The van der Waals surface area contributed by atoms with Crippen LogP contribution >= 0.6 is 27.5 Å². The molecule has 100 valence electrons. The van der Waals surface area contributed by atoms with Gasteiger partial charge in [-0.15, -0.1) is 0 Å². The molecule has 1 aliphatic rings. The van der Waals surface area contributed by atoms with Gasteiger partial charge in [0.25, 0.3) is 0 Å². The summed E-state index contributed by atoms with van der Waals surface area (Å²) in [5.74, 6) is 0.884. The normalized spacial score (nSPS) is 17.2. The van der Waals surface area contributed by atoms with Gasteiger partial charge in [-0.25, -0.2) is 0 Å². The Morgan fingerprint density at radius 2 is 2.22 bits per heavy atom. The smallest absolute Gasteiger partial charge is 0.0548 e.